The lowest BCUT2D eigenvalue weighted by molar-refractivity contribution is 1.46. The predicted molar refractivity (Wildman–Crippen MR) is 227 cm³/mol. The molecule has 0 atom stereocenters. The van der Waals surface area contributed by atoms with Gasteiger partial charge in [0.25, 0.3) is 0 Å². The van der Waals surface area contributed by atoms with Gasteiger partial charge >= 0.3 is 0 Å². The average molecular weight is 659 g/mol. The Hall–Kier alpha value is -6.50. The third kappa shape index (κ3) is 4.04. The summed E-state index contributed by atoms with van der Waals surface area (Å²) < 4.78 is 0. The van der Waals surface area contributed by atoms with E-state index in [2.05, 4.69) is 184 Å². The van der Waals surface area contributed by atoms with E-state index >= 15 is 0 Å². The number of aryl methyl sites for hydroxylation is 2. The highest BCUT2D eigenvalue weighted by atomic mass is 14.3. The summed E-state index contributed by atoms with van der Waals surface area (Å²) >= 11 is 0. The number of benzene rings is 11. The summed E-state index contributed by atoms with van der Waals surface area (Å²) in [5, 5.41) is 20.8. The molecular weight excluding hydrogens is 625 g/mol. The molecule has 242 valence electrons. The van der Waals surface area contributed by atoms with E-state index in [4.69, 9.17) is 0 Å². The molecule has 0 heteroatoms. The molecule has 0 heterocycles. The van der Waals surface area contributed by atoms with Crippen LogP contribution in [0.4, 0.5) is 0 Å². The van der Waals surface area contributed by atoms with Crippen molar-refractivity contribution >= 4 is 86.2 Å². The van der Waals surface area contributed by atoms with Gasteiger partial charge in [-0.2, -0.15) is 0 Å². The maximum Gasteiger partial charge on any atom is -0.0000714 e. The topological polar surface area (TPSA) is 0 Å². The van der Waals surface area contributed by atoms with Gasteiger partial charge in [0, 0.05) is 0 Å². The summed E-state index contributed by atoms with van der Waals surface area (Å²) in [7, 11) is 0. The molecule has 0 radical (unpaired) electrons. The van der Waals surface area contributed by atoms with Crippen molar-refractivity contribution in [2.75, 3.05) is 0 Å². The molecule has 0 fully saturated rings. The summed E-state index contributed by atoms with van der Waals surface area (Å²) in [5.74, 6) is 0. The van der Waals surface area contributed by atoms with Crippen LogP contribution in [0.2, 0.25) is 0 Å². The third-order valence-corrected chi connectivity index (χ3v) is 11.5. The van der Waals surface area contributed by atoms with Gasteiger partial charge in [0.15, 0.2) is 0 Å². The minimum absolute atomic E-state index is 1.24. The zero-order chi connectivity index (χ0) is 34.5. The Morgan fingerprint density at radius 3 is 0.962 bits per heavy atom. The van der Waals surface area contributed by atoms with Crippen LogP contribution < -0.4 is 0 Å². The first kappa shape index (κ1) is 29.3. The Bertz CT molecular complexity index is 3050. The van der Waals surface area contributed by atoms with Crippen LogP contribution in [0.25, 0.3) is 108 Å². The Morgan fingerprint density at radius 2 is 0.558 bits per heavy atom. The number of rotatable bonds is 2. The van der Waals surface area contributed by atoms with Gasteiger partial charge in [0.05, 0.1) is 0 Å². The second kappa shape index (κ2) is 11.0. The van der Waals surface area contributed by atoms with Crippen LogP contribution in [0, 0.1) is 13.8 Å². The van der Waals surface area contributed by atoms with Gasteiger partial charge in [-0.15, -0.1) is 0 Å². The zero-order valence-electron chi connectivity index (χ0n) is 29.2. The lowest BCUT2D eigenvalue weighted by Gasteiger charge is -2.25. The van der Waals surface area contributed by atoms with Crippen molar-refractivity contribution in [3.8, 4) is 22.3 Å². The maximum atomic E-state index is 2.37. The minimum atomic E-state index is 1.24. The Kier molecular flexibility index (Phi) is 6.19. The predicted octanol–water partition coefficient (Wildman–Crippen LogP) is 14.9. The molecular formula is C52H34. The van der Waals surface area contributed by atoms with Crippen LogP contribution in [0.1, 0.15) is 11.1 Å². The van der Waals surface area contributed by atoms with Crippen LogP contribution in [0.5, 0.6) is 0 Å². The first-order chi connectivity index (χ1) is 25.7. The van der Waals surface area contributed by atoms with Crippen LogP contribution >= 0.6 is 0 Å². The van der Waals surface area contributed by atoms with Crippen molar-refractivity contribution < 1.29 is 0 Å². The smallest absolute Gasteiger partial charge is 0.0000714 e. The van der Waals surface area contributed by atoms with E-state index in [1.807, 2.05) is 0 Å². The van der Waals surface area contributed by atoms with Crippen molar-refractivity contribution in [2.24, 2.45) is 0 Å². The standard InChI is InChI=1S/C52H34/c1-31-19-23-35(24-20-31)45-46(36-25-21-32(2)22-26-36)50-42-18-10-8-16-40(42)44-30-28-34-12-4-6-14-38(34)48(44)52(50)51-47-37-13-5-3-11-33(37)27-29-43(47)39-15-7-9-17-41(39)49(45)51/h3-30H,1-2H3. The second-order valence-electron chi connectivity index (χ2n) is 14.5. The Morgan fingerprint density at radius 1 is 0.231 bits per heavy atom. The van der Waals surface area contributed by atoms with E-state index in [1.165, 1.54) is 120 Å². The fourth-order valence-corrected chi connectivity index (χ4v) is 9.21. The molecule has 0 nitrogen and oxygen atoms in total. The molecule has 0 amide bonds. The van der Waals surface area contributed by atoms with Crippen molar-refractivity contribution in [1.29, 1.82) is 0 Å². The van der Waals surface area contributed by atoms with E-state index in [0.29, 0.717) is 0 Å². The fourth-order valence-electron chi connectivity index (χ4n) is 9.21. The van der Waals surface area contributed by atoms with Gasteiger partial charge in [-0.05, 0) is 122 Å². The number of hydrogen-bond acceptors (Lipinski definition) is 0. The quantitative estimate of drug-likeness (QED) is 0.162. The molecule has 0 aromatic heterocycles. The molecule has 11 aromatic rings. The summed E-state index contributed by atoms with van der Waals surface area (Å²) in [4.78, 5) is 0. The van der Waals surface area contributed by atoms with E-state index < -0.39 is 0 Å². The molecule has 11 aromatic carbocycles. The molecule has 0 bridgehead atoms. The van der Waals surface area contributed by atoms with Gasteiger partial charge in [0.2, 0.25) is 0 Å². The number of fused-ring (bicyclic) bond motifs is 17. The van der Waals surface area contributed by atoms with Crippen molar-refractivity contribution in [3.05, 3.63) is 181 Å². The molecule has 0 unspecified atom stereocenters. The van der Waals surface area contributed by atoms with E-state index in [0.717, 1.165) is 0 Å². The van der Waals surface area contributed by atoms with Crippen LogP contribution in [-0.4, -0.2) is 0 Å². The summed E-state index contributed by atoms with van der Waals surface area (Å²) in [6, 6.07) is 64.0. The molecule has 0 aliphatic heterocycles. The lowest BCUT2D eigenvalue weighted by Crippen LogP contribution is -1.97. The largest absolute Gasteiger partial charge is 0.0616 e. The molecule has 11 rings (SSSR count). The van der Waals surface area contributed by atoms with Crippen molar-refractivity contribution in [1.82, 2.24) is 0 Å². The van der Waals surface area contributed by atoms with Gasteiger partial charge in [-0.1, -0.05) is 181 Å². The molecule has 0 aliphatic carbocycles. The van der Waals surface area contributed by atoms with Crippen molar-refractivity contribution in [2.45, 2.75) is 13.8 Å². The second-order valence-corrected chi connectivity index (χ2v) is 14.5. The van der Waals surface area contributed by atoms with Crippen LogP contribution in [0.15, 0.2) is 170 Å². The monoisotopic (exact) mass is 658 g/mol. The molecule has 0 N–H and O–H groups in total. The van der Waals surface area contributed by atoms with Gasteiger partial charge in [-0.3, -0.25) is 0 Å². The van der Waals surface area contributed by atoms with Crippen LogP contribution in [-0.2, 0) is 0 Å². The Labute approximate surface area is 302 Å². The molecule has 0 saturated heterocycles. The first-order valence-corrected chi connectivity index (χ1v) is 18.3. The van der Waals surface area contributed by atoms with Gasteiger partial charge in [0.1, 0.15) is 0 Å². The number of hydrogen-bond donors (Lipinski definition) is 0. The third-order valence-electron chi connectivity index (χ3n) is 11.5. The summed E-state index contributed by atoms with van der Waals surface area (Å²) in [6.07, 6.45) is 0. The highest BCUT2D eigenvalue weighted by Gasteiger charge is 2.26. The summed E-state index contributed by atoms with van der Waals surface area (Å²) in [5.41, 5.74) is 7.58. The fraction of sp³-hybridized carbons (Fsp3) is 0.0385. The highest BCUT2D eigenvalue weighted by molar-refractivity contribution is 6.48. The van der Waals surface area contributed by atoms with E-state index in [-0.39, 0.29) is 0 Å². The van der Waals surface area contributed by atoms with Crippen LogP contribution in [0.3, 0.4) is 0 Å². The Balaban J connectivity index is 1.62. The molecule has 0 spiro atoms. The molecule has 0 aliphatic rings. The minimum Gasteiger partial charge on any atom is -0.0616 e. The first-order valence-electron chi connectivity index (χ1n) is 18.3. The normalized spacial score (nSPS) is 12.0. The SMILES string of the molecule is Cc1ccc(-c2c(-c3ccc(C)cc3)c3c4ccccc4c4ccc5ccccc5c4c3c3c2c2ccccc2c2ccc4ccccc4c23)cc1. The van der Waals surface area contributed by atoms with Crippen molar-refractivity contribution in [3.63, 3.8) is 0 Å². The summed E-state index contributed by atoms with van der Waals surface area (Å²) in [6.45, 7) is 4.37. The average Bonchev–Trinajstić information content (AvgIpc) is 3.20. The van der Waals surface area contributed by atoms with E-state index in [9.17, 15) is 0 Å². The zero-order valence-corrected chi connectivity index (χ0v) is 29.2. The molecule has 52 heavy (non-hydrogen) atoms. The lowest BCUT2D eigenvalue weighted by atomic mass is 9.77. The highest BCUT2D eigenvalue weighted by Crippen LogP contribution is 2.54. The maximum absolute atomic E-state index is 2.37. The van der Waals surface area contributed by atoms with E-state index in [1.54, 1.807) is 0 Å². The van der Waals surface area contributed by atoms with Gasteiger partial charge < -0.3 is 0 Å². The van der Waals surface area contributed by atoms with Gasteiger partial charge in [-0.25, -0.2) is 0 Å². The molecule has 0 saturated carbocycles.